The summed E-state index contributed by atoms with van der Waals surface area (Å²) in [6.45, 7) is 5.06. The third-order valence-corrected chi connectivity index (χ3v) is 6.62. The van der Waals surface area contributed by atoms with Gasteiger partial charge in [-0.15, -0.1) is 11.8 Å². The third-order valence-electron chi connectivity index (χ3n) is 5.54. The first-order chi connectivity index (χ1) is 12.8. The summed E-state index contributed by atoms with van der Waals surface area (Å²) in [6.07, 6.45) is 8.37. The maximum absolute atomic E-state index is 5.51. The fraction of sp³-hybridized carbons (Fsp3) is 0.500. The van der Waals surface area contributed by atoms with Crippen molar-refractivity contribution in [3.8, 4) is 5.75 Å². The van der Waals surface area contributed by atoms with Crippen LogP contribution in [0.5, 0.6) is 5.75 Å². The Morgan fingerprint density at radius 1 is 0.885 bits per heavy atom. The van der Waals surface area contributed by atoms with Crippen LogP contribution in [0.15, 0.2) is 53.4 Å². The van der Waals surface area contributed by atoms with Crippen LogP contribution in [0.4, 0.5) is 0 Å². The molecule has 1 fully saturated rings. The molecule has 0 bridgehead atoms. The van der Waals surface area contributed by atoms with Crippen LogP contribution in [-0.4, -0.2) is 6.61 Å². The van der Waals surface area contributed by atoms with Crippen LogP contribution < -0.4 is 4.74 Å². The Hall–Kier alpha value is -1.41. The first-order valence-electron chi connectivity index (χ1n) is 10.2. The van der Waals surface area contributed by atoms with Crippen LogP contribution in [0.25, 0.3) is 0 Å². The van der Waals surface area contributed by atoms with Crippen molar-refractivity contribution >= 4 is 11.8 Å². The summed E-state index contributed by atoms with van der Waals surface area (Å²) >= 11 is 1.91. The molecule has 0 unspecified atom stereocenters. The summed E-state index contributed by atoms with van der Waals surface area (Å²) < 4.78 is 5.51. The lowest BCUT2D eigenvalue weighted by molar-refractivity contribution is 0.308. The summed E-state index contributed by atoms with van der Waals surface area (Å²) in [4.78, 5) is 1.36. The summed E-state index contributed by atoms with van der Waals surface area (Å²) in [5, 5.41) is 0. The fourth-order valence-corrected chi connectivity index (χ4v) is 4.90. The molecule has 0 spiro atoms. The van der Waals surface area contributed by atoms with Crippen LogP contribution in [-0.2, 0) is 5.75 Å². The number of ether oxygens (including phenoxy) is 1. The first-order valence-corrected chi connectivity index (χ1v) is 11.2. The van der Waals surface area contributed by atoms with Crippen LogP contribution in [0.1, 0.15) is 69.4 Å². The highest BCUT2D eigenvalue weighted by Crippen LogP contribution is 2.38. The second-order valence-corrected chi connectivity index (χ2v) is 8.49. The van der Waals surface area contributed by atoms with E-state index in [1.807, 2.05) is 18.7 Å². The minimum absolute atomic E-state index is 0.723. The summed E-state index contributed by atoms with van der Waals surface area (Å²) in [7, 11) is 0. The zero-order valence-corrected chi connectivity index (χ0v) is 17.1. The summed E-state index contributed by atoms with van der Waals surface area (Å²) in [6, 6.07) is 17.8. The molecule has 0 amide bonds. The lowest BCUT2D eigenvalue weighted by Gasteiger charge is -2.28. The molecule has 0 radical (unpaired) electrons. The molecule has 2 aromatic carbocycles. The van der Waals surface area contributed by atoms with E-state index in [1.165, 1.54) is 49.0 Å². The van der Waals surface area contributed by atoms with E-state index in [0.717, 1.165) is 29.9 Å². The van der Waals surface area contributed by atoms with Crippen molar-refractivity contribution in [2.75, 3.05) is 6.61 Å². The van der Waals surface area contributed by atoms with E-state index >= 15 is 0 Å². The van der Waals surface area contributed by atoms with Gasteiger partial charge in [-0.2, -0.15) is 0 Å². The third kappa shape index (κ3) is 5.54. The van der Waals surface area contributed by atoms with Gasteiger partial charge >= 0.3 is 0 Å². The Balaban J connectivity index is 1.48. The fourth-order valence-electron chi connectivity index (χ4n) is 4.04. The van der Waals surface area contributed by atoms with Crippen molar-refractivity contribution < 1.29 is 4.74 Å². The van der Waals surface area contributed by atoms with Gasteiger partial charge in [0.1, 0.15) is 5.75 Å². The molecule has 0 atom stereocenters. The average Bonchev–Trinajstić information content (AvgIpc) is 2.69. The lowest BCUT2D eigenvalue weighted by Crippen LogP contribution is -2.13. The van der Waals surface area contributed by atoms with Crippen molar-refractivity contribution in [3.05, 3.63) is 59.7 Å². The molecule has 0 saturated heterocycles. The Morgan fingerprint density at radius 2 is 1.58 bits per heavy atom. The van der Waals surface area contributed by atoms with E-state index in [0.29, 0.717) is 0 Å². The second-order valence-electron chi connectivity index (χ2n) is 7.44. The number of thioether (sulfide) groups is 1. The Morgan fingerprint density at radius 3 is 2.19 bits per heavy atom. The van der Waals surface area contributed by atoms with E-state index in [9.17, 15) is 0 Å². The largest absolute Gasteiger partial charge is 0.494 e. The SMILES string of the molecule is CCCC1CCC(c2ccc(SCc3ccc(OCC)cc3)cc2)CC1. The zero-order chi connectivity index (χ0) is 18.2. The minimum atomic E-state index is 0.723. The van der Waals surface area contributed by atoms with E-state index in [-0.39, 0.29) is 0 Å². The monoisotopic (exact) mass is 368 g/mol. The first kappa shape index (κ1) is 19.4. The Labute approximate surface area is 163 Å². The molecule has 0 aliphatic heterocycles. The predicted molar refractivity (Wildman–Crippen MR) is 113 cm³/mol. The van der Waals surface area contributed by atoms with Gasteiger partial charge in [-0.1, -0.05) is 44.0 Å². The molecular formula is C24H32OS. The molecular weight excluding hydrogens is 336 g/mol. The normalized spacial score (nSPS) is 20.1. The van der Waals surface area contributed by atoms with Gasteiger partial charge in [0.15, 0.2) is 0 Å². The van der Waals surface area contributed by atoms with Crippen molar-refractivity contribution in [3.63, 3.8) is 0 Å². The van der Waals surface area contributed by atoms with Crippen molar-refractivity contribution in [2.24, 2.45) is 5.92 Å². The maximum Gasteiger partial charge on any atom is 0.119 e. The molecule has 0 N–H and O–H groups in total. The molecule has 2 heteroatoms. The highest BCUT2D eigenvalue weighted by atomic mass is 32.2. The Bertz CT molecular complexity index is 639. The summed E-state index contributed by atoms with van der Waals surface area (Å²) in [5.74, 6) is 3.74. The predicted octanol–water partition coefficient (Wildman–Crippen LogP) is 7.45. The molecule has 2 aromatic rings. The van der Waals surface area contributed by atoms with Gasteiger partial charge in [-0.05, 0) is 79.8 Å². The van der Waals surface area contributed by atoms with E-state index in [4.69, 9.17) is 4.74 Å². The second kappa shape index (κ2) is 10.1. The van der Waals surface area contributed by atoms with Crippen molar-refractivity contribution in [1.82, 2.24) is 0 Å². The molecule has 0 heterocycles. The molecule has 1 aliphatic rings. The van der Waals surface area contributed by atoms with Gasteiger partial charge < -0.3 is 4.74 Å². The molecule has 1 saturated carbocycles. The minimum Gasteiger partial charge on any atom is -0.494 e. The molecule has 0 aromatic heterocycles. The van der Waals surface area contributed by atoms with Gasteiger partial charge in [0.2, 0.25) is 0 Å². The van der Waals surface area contributed by atoms with Gasteiger partial charge in [-0.3, -0.25) is 0 Å². The van der Waals surface area contributed by atoms with Crippen LogP contribution >= 0.6 is 11.8 Å². The van der Waals surface area contributed by atoms with Crippen LogP contribution in [0.3, 0.4) is 0 Å². The quantitative estimate of drug-likeness (QED) is 0.447. The summed E-state index contributed by atoms with van der Waals surface area (Å²) in [5.41, 5.74) is 2.89. The van der Waals surface area contributed by atoms with E-state index in [1.54, 1.807) is 5.56 Å². The maximum atomic E-state index is 5.51. The van der Waals surface area contributed by atoms with Crippen molar-refractivity contribution in [2.45, 2.75) is 68.9 Å². The van der Waals surface area contributed by atoms with Crippen LogP contribution in [0, 0.1) is 5.92 Å². The van der Waals surface area contributed by atoms with Gasteiger partial charge in [0.05, 0.1) is 6.61 Å². The molecule has 3 rings (SSSR count). The van der Waals surface area contributed by atoms with Gasteiger partial charge in [0.25, 0.3) is 0 Å². The number of rotatable bonds is 8. The van der Waals surface area contributed by atoms with Gasteiger partial charge in [0, 0.05) is 10.6 Å². The van der Waals surface area contributed by atoms with Gasteiger partial charge in [-0.25, -0.2) is 0 Å². The van der Waals surface area contributed by atoms with E-state index in [2.05, 4.69) is 55.5 Å². The lowest BCUT2D eigenvalue weighted by atomic mass is 9.77. The number of hydrogen-bond acceptors (Lipinski definition) is 2. The Kier molecular flexibility index (Phi) is 7.49. The molecule has 26 heavy (non-hydrogen) atoms. The standard InChI is InChI=1S/C24H32OS/c1-3-5-19-6-10-21(11-7-19)22-12-16-24(17-13-22)26-18-20-8-14-23(15-9-20)25-4-2/h8-9,12-17,19,21H,3-7,10-11,18H2,1-2H3. The molecule has 140 valence electrons. The van der Waals surface area contributed by atoms with Crippen molar-refractivity contribution in [1.29, 1.82) is 0 Å². The average molecular weight is 369 g/mol. The smallest absolute Gasteiger partial charge is 0.119 e. The zero-order valence-electron chi connectivity index (χ0n) is 16.2. The highest BCUT2D eigenvalue weighted by molar-refractivity contribution is 7.98. The highest BCUT2D eigenvalue weighted by Gasteiger charge is 2.21. The number of benzene rings is 2. The molecule has 1 nitrogen and oxygen atoms in total. The van der Waals surface area contributed by atoms with Crippen LogP contribution in [0.2, 0.25) is 0 Å². The van der Waals surface area contributed by atoms with E-state index < -0.39 is 0 Å². The number of hydrogen-bond donors (Lipinski definition) is 0. The molecule has 1 aliphatic carbocycles. The topological polar surface area (TPSA) is 9.23 Å².